The lowest BCUT2D eigenvalue weighted by molar-refractivity contribution is 0.169. The minimum Gasteiger partial charge on any atom is -0.486 e. The number of oxime groups is 1. The molecule has 2 aliphatic heterocycles. The molecule has 0 fully saturated rings. The van der Waals surface area contributed by atoms with E-state index in [1.807, 2.05) is 43.3 Å². The molecular formula is C18H17NO4. The van der Waals surface area contributed by atoms with Crippen molar-refractivity contribution in [2.45, 2.75) is 19.4 Å². The van der Waals surface area contributed by atoms with E-state index >= 15 is 0 Å². The van der Waals surface area contributed by atoms with Gasteiger partial charge < -0.3 is 19.4 Å². The molecular weight excluding hydrogens is 294 g/mol. The molecule has 118 valence electrons. The first-order valence-corrected chi connectivity index (χ1v) is 7.63. The van der Waals surface area contributed by atoms with Crippen LogP contribution in [0.15, 0.2) is 41.6 Å². The largest absolute Gasteiger partial charge is 0.486 e. The fourth-order valence-electron chi connectivity index (χ4n) is 2.99. The number of nitrogens with zero attached hydrogens (tertiary/aromatic N) is 1. The summed E-state index contributed by atoms with van der Waals surface area (Å²) in [4.78, 5) is 0. The summed E-state index contributed by atoms with van der Waals surface area (Å²) in [6, 6.07) is 11.7. The van der Waals surface area contributed by atoms with Crippen LogP contribution in [0.4, 0.5) is 0 Å². The Balaban J connectivity index is 1.70. The maximum atomic E-state index is 9.37. The Hall–Kier alpha value is -2.69. The standard InChI is InChI=1S/C18H17NO4/c1-11-2-4-15-13(8-11)14(19-20)10-17(23-15)12-3-5-16-18(9-12)22-7-6-21-16/h2-5,8-9,17,20H,6-7,10H2,1H3/b19-14+. The van der Waals surface area contributed by atoms with E-state index in [2.05, 4.69) is 5.16 Å². The zero-order valence-electron chi connectivity index (χ0n) is 12.8. The van der Waals surface area contributed by atoms with Gasteiger partial charge >= 0.3 is 0 Å². The van der Waals surface area contributed by atoms with Crippen molar-refractivity contribution < 1.29 is 19.4 Å². The fraction of sp³-hybridized carbons (Fsp3) is 0.278. The van der Waals surface area contributed by atoms with Gasteiger partial charge in [0.2, 0.25) is 0 Å². The molecule has 4 rings (SSSR count). The molecule has 1 N–H and O–H groups in total. The number of rotatable bonds is 1. The van der Waals surface area contributed by atoms with Crippen LogP contribution in [-0.2, 0) is 0 Å². The van der Waals surface area contributed by atoms with Crippen LogP contribution in [0, 0.1) is 6.92 Å². The fourth-order valence-corrected chi connectivity index (χ4v) is 2.99. The van der Waals surface area contributed by atoms with Crippen molar-refractivity contribution in [3.05, 3.63) is 53.1 Å². The third-order valence-corrected chi connectivity index (χ3v) is 4.15. The van der Waals surface area contributed by atoms with Gasteiger partial charge in [0.25, 0.3) is 0 Å². The molecule has 0 amide bonds. The Morgan fingerprint density at radius 2 is 1.78 bits per heavy atom. The third kappa shape index (κ3) is 2.48. The molecule has 2 aromatic rings. The van der Waals surface area contributed by atoms with Crippen LogP contribution in [0.1, 0.15) is 29.2 Å². The van der Waals surface area contributed by atoms with Gasteiger partial charge in [0.05, 0.1) is 5.71 Å². The van der Waals surface area contributed by atoms with Crippen LogP contribution < -0.4 is 14.2 Å². The van der Waals surface area contributed by atoms with Crippen molar-refractivity contribution in [1.82, 2.24) is 0 Å². The first kappa shape index (κ1) is 13.9. The average Bonchev–Trinajstić information content (AvgIpc) is 2.60. The second-order valence-corrected chi connectivity index (χ2v) is 5.76. The number of hydrogen-bond acceptors (Lipinski definition) is 5. The molecule has 2 heterocycles. The predicted octanol–water partition coefficient (Wildman–Crippen LogP) is 3.47. The van der Waals surface area contributed by atoms with Gasteiger partial charge in [-0.3, -0.25) is 0 Å². The van der Waals surface area contributed by atoms with Crippen molar-refractivity contribution in [2.24, 2.45) is 5.16 Å². The molecule has 0 saturated heterocycles. The van der Waals surface area contributed by atoms with Gasteiger partial charge in [-0.25, -0.2) is 0 Å². The van der Waals surface area contributed by atoms with Crippen LogP contribution >= 0.6 is 0 Å². The van der Waals surface area contributed by atoms with E-state index in [1.54, 1.807) is 0 Å². The Morgan fingerprint density at radius 3 is 2.61 bits per heavy atom. The number of fused-ring (bicyclic) bond motifs is 2. The van der Waals surface area contributed by atoms with Crippen LogP contribution in [0.25, 0.3) is 0 Å². The van der Waals surface area contributed by atoms with Crippen LogP contribution in [-0.4, -0.2) is 24.1 Å². The van der Waals surface area contributed by atoms with Gasteiger partial charge in [-0.1, -0.05) is 22.9 Å². The Bertz CT molecular complexity index is 785. The molecule has 0 saturated carbocycles. The normalized spacial score (nSPS) is 20.7. The lowest BCUT2D eigenvalue weighted by atomic mass is 9.94. The lowest BCUT2D eigenvalue weighted by Gasteiger charge is -2.28. The SMILES string of the molecule is Cc1ccc2c(c1)/C(=N/O)CC(c1ccc3c(c1)OCCO3)O2. The van der Waals surface area contributed by atoms with Gasteiger partial charge in [-0.05, 0) is 36.8 Å². The molecule has 0 bridgehead atoms. The molecule has 1 atom stereocenters. The summed E-state index contributed by atoms with van der Waals surface area (Å²) in [5.74, 6) is 2.21. The van der Waals surface area contributed by atoms with Gasteiger partial charge in [-0.2, -0.15) is 0 Å². The highest BCUT2D eigenvalue weighted by molar-refractivity contribution is 6.03. The molecule has 2 aliphatic rings. The molecule has 5 heteroatoms. The van der Waals surface area contributed by atoms with E-state index in [1.165, 1.54) is 0 Å². The van der Waals surface area contributed by atoms with Gasteiger partial charge in [-0.15, -0.1) is 0 Å². The van der Waals surface area contributed by atoms with Crippen molar-refractivity contribution in [3.8, 4) is 17.2 Å². The second kappa shape index (κ2) is 5.50. The van der Waals surface area contributed by atoms with Crippen LogP contribution in [0.3, 0.4) is 0 Å². The first-order valence-electron chi connectivity index (χ1n) is 7.63. The molecule has 0 spiro atoms. The van der Waals surface area contributed by atoms with Crippen molar-refractivity contribution >= 4 is 5.71 Å². The summed E-state index contributed by atoms with van der Waals surface area (Å²) in [5.41, 5.74) is 3.56. The maximum Gasteiger partial charge on any atom is 0.161 e. The lowest BCUT2D eigenvalue weighted by Crippen LogP contribution is -2.22. The zero-order chi connectivity index (χ0) is 15.8. The highest BCUT2D eigenvalue weighted by Crippen LogP contribution is 2.39. The highest BCUT2D eigenvalue weighted by atomic mass is 16.6. The highest BCUT2D eigenvalue weighted by Gasteiger charge is 2.28. The van der Waals surface area contributed by atoms with Crippen molar-refractivity contribution in [3.63, 3.8) is 0 Å². The van der Waals surface area contributed by atoms with Crippen molar-refractivity contribution in [1.29, 1.82) is 0 Å². The topological polar surface area (TPSA) is 60.3 Å². The first-order chi connectivity index (χ1) is 11.2. The van der Waals surface area contributed by atoms with Gasteiger partial charge in [0.1, 0.15) is 25.1 Å². The minimum atomic E-state index is -0.216. The number of ether oxygens (including phenoxy) is 3. The Labute approximate surface area is 134 Å². The number of aryl methyl sites for hydroxylation is 1. The van der Waals surface area contributed by atoms with Crippen molar-refractivity contribution in [2.75, 3.05) is 13.2 Å². The Morgan fingerprint density at radius 1 is 1.00 bits per heavy atom. The summed E-state index contributed by atoms with van der Waals surface area (Å²) in [7, 11) is 0. The van der Waals surface area contributed by atoms with E-state index in [0.29, 0.717) is 25.3 Å². The monoisotopic (exact) mass is 311 g/mol. The smallest absolute Gasteiger partial charge is 0.161 e. The quantitative estimate of drug-likeness (QED) is 0.647. The summed E-state index contributed by atoms with van der Waals surface area (Å²) in [5, 5.41) is 12.8. The predicted molar refractivity (Wildman–Crippen MR) is 84.9 cm³/mol. The molecule has 0 aliphatic carbocycles. The van der Waals surface area contributed by atoms with E-state index in [-0.39, 0.29) is 6.10 Å². The summed E-state index contributed by atoms with van der Waals surface area (Å²) in [6.45, 7) is 3.12. The third-order valence-electron chi connectivity index (χ3n) is 4.15. The van der Waals surface area contributed by atoms with Gasteiger partial charge in [0.15, 0.2) is 11.5 Å². The van der Waals surface area contributed by atoms with Crippen LogP contribution in [0.2, 0.25) is 0 Å². The molecule has 0 aromatic heterocycles. The van der Waals surface area contributed by atoms with E-state index < -0.39 is 0 Å². The Kier molecular flexibility index (Phi) is 3.33. The summed E-state index contributed by atoms with van der Waals surface area (Å²) < 4.78 is 17.3. The van der Waals surface area contributed by atoms with E-state index in [9.17, 15) is 5.21 Å². The molecule has 23 heavy (non-hydrogen) atoms. The average molecular weight is 311 g/mol. The van der Waals surface area contributed by atoms with E-state index in [0.717, 1.165) is 33.9 Å². The molecule has 1 unspecified atom stereocenters. The maximum absolute atomic E-state index is 9.37. The zero-order valence-corrected chi connectivity index (χ0v) is 12.8. The minimum absolute atomic E-state index is 0.216. The van der Waals surface area contributed by atoms with Crippen LogP contribution in [0.5, 0.6) is 17.2 Å². The van der Waals surface area contributed by atoms with Gasteiger partial charge in [0, 0.05) is 12.0 Å². The molecule has 2 aromatic carbocycles. The van der Waals surface area contributed by atoms with E-state index in [4.69, 9.17) is 14.2 Å². The second-order valence-electron chi connectivity index (χ2n) is 5.76. The summed E-state index contributed by atoms with van der Waals surface area (Å²) >= 11 is 0. The number of benzene rings is 2. The molecule has 5 nitrogen and oxygen atoms in total. The number of hydrogen-bond donors (Lipinski definition) is 1. The summed E-state index contributed by atoms with van der Waals surface area (Å²) in [6.07, 6.45) is 0.291. The molecule has 0 radical (unpaired) electrons.